The first-order valence-corrected chi connectivity index (χ1v) is 9.97. The quantitative estimate of drug-likeness (QED) is 0.163. The fourth-order valence-corrected chi connectivity index (χ4v) is 2.89. The highest BCUT2D eigenvalue weighted by atomic mass is 32.2. The molecule has 0 aromatic carbocycles. The van der Waals surface area contributed by atoms with Crippen LogP contribution in [0, 0.1) is 0 Å². The third-order valence-electron chi connectivity index (χ3n) is 4.32. The first-order chi connectivity index (χ1) is 12.2. The van der Waals surface area contributed by atoms with Crippen molar-refractivity contribution in [2.75, 3.05) is 78.0 Å². The molecule has 26 heavy (non-hydrogen) atoms. The van der Waals surface area contributed by atoms with Gasteiger partial charge in [0.25, 0.3) is 10.1 Å². The molecule has 0 aliphatic carbocycles. The summed E-state index contributed by atoms with van der Waals surface area (Å²) in [6.07, 6.45) is 0. The molecule has 1 fully saturated rings. The molecule has 0 radical (unpaired) electrons. The van der Waals surface area contributed by atoms with Crippen LogP contribution in [0.5, 0.6) is 0 Å². The topological polar surface area (TPSA) is 160 Å². The molecule has 11 nitrogen and oxygen atoms in total. The lowest BCUT2D eigenvalue weighted by molar-refractivity contribution is -0.143. The normalized spacial score (nSPS) is 17.4. The smallest absolute Gasteiger partial charge is 0.319 e. The van der Waals surface area contributed by atoms with Gasteiger partial charge >= 0.3 is 5.97 Å². The Kier molecular flexibility index (Phi) is 9.89. The zero-order valence-electron chi connectivity index (χ0n) is 14.7. The predicted octanol–water partition coefficient (Wildman–Crippen LogP) is -3.66. The van der Waals surface area contributed by atoms with Crippen LogP contribution in [0.2, 0.25) is 0 Å². The number of aliphatic hydroxyl groups is 3. The van der Waals surface area contributed by atoms with Gasteiger partial charge in [-0.2, -0.15) is 8.42 Å². The number of esters is 1. The molecule has 1 aliphatic heterocycles. The Hall–Kier alpha value is -0.860. The van der Waals surface area contributed by atoms with Crippen LogP contribution in [-0.2, 0) is 19.6 Å². The van der Waals surface area contributed by atoms with Crippen LogP contribution in [0.25, 0.3) is 0 Å². The third kappa shape index (κ3) is 8.68. The SMILES string of the molecule is O=C(CNC(CO)(CO)CO)OCCN1CCN(CCS(=O)(=O)O)CC1. The number of nitrogens with zero attached hydrogens (tertiary/aromatic N) is 2. The van der Waals surface area contributed by atoms with Gasteiger partial charge in [0, 0.05) is 39.3 Å². The van der Waals surface area contributed by atoms with Crippen molar-refractivity contribution >= 4 is 16.1 Å². The highest BCUT2D eigenvalue weighted by molar-refractivity contribution is 7.85. The zero-order valence-corrected chi connectivity index (χ0v) is 15.5. The van der Waals surface area contributed by atoms with Crippen molar-refractivity contribution in [2.45, 2.75) is 5.54 Å². The second-order valence-corrected chi connectivity index (χ2v) is 7.87. The van der Waals surface area contributed by atoms with Crippen molar-refractivity contribution in [1.82, 2.24) is 15.1 Å². The van der Waals surface area contributed by atoms with Gasteiger partial charge in [0.2, 0.25) is 0 Å². The van der Waals surface area contributed by atoms with Crippen molar-refractivity contribution < 1.29 is 37.8 Å². The number of rotatable bonds is 12. The van der Waals surface area contributed by atoms with Gasteiger partial charge in [0.05, 0.1) is 37.7 Å². The lowest BCUT2D eigenvalue weighted by atomic mass is 10.0. The van der Waals surface area contributed by atoms with Gasteiger partial charge in [-0.05, 0) is 0 Å². The minimum atomic E-state index is -3.95. The van der Waals surface area contributed by atoms with E-state index in [9.17, 15) is 13.2 Å². The molecule has 1 rings (SSSR count). The van der Waals surface area contributed by atoms with Gasteiger partial charge in [-0.15, -0.1) is 0 Å². The minimum Gasteiger partial charge on any atom is -0.463 e. The van der Waals surface area contributed by atoms with Crippen LogP contribution < -0.4 is 5.32 Å². The van der Waals surface area contributed by atoms with E-state index in [4.69, 9.17) is 24.6 Å². The minimum absolute atomic E-state index is 0.176. The van der Waals surface area contributed by atoms with E-state index in [-0.39, 0.29) is 25.4 Å². The largest absolute Gasteiger partial charge is 0.463 e. The summed E-state index contributed by atoms with van der Waals surface area (Å²) >= 11 is 0. The molecule has 0 aromatic heterocycles. The fraction of sp³-hybridized carbons (Fsp3) is 0.929. The van der Waals surface area contributed by atoms with Gasteiger partial charge in [-0.25, -0.2) is 0 Å². The van der Waals surface area contributed by atoms with E-state index in [2.05, 4.69) is 10.2 Å². The highest BCUT2D eigenvalue weighted by Gasteiger charge is 2.28. The Balaban J connectivity index is 2.17. The van der Waals surface area contributed by atoms with E-state index < -0.39 is 41.4 Å². The van der Waals surface area contributed by atoms with Gasteiger partial charge in [0.1, 0.15) is 6.61 Å². The highest BCUT2D eigenvalue weighted by Crippen LogP contribution is 2.03. The van der Waals surface area contributed by atoms with Crippen LogP contribution in [0.3, 0.4) is 0 Å². The van der Waals surface area contributed by atoms with Gasteiger partial charge in [0.15, 0.2) is 0 Å². The summed E-state index contributed by atoms with van der Waals surface area (Å²) < 4.78 is 35.3. The van der Waals surface area contributed by atoms with Gasteiger partial charge < -0.3 is 20.1 Å². The van der Waals surface area contributed by atoms with E-state index in [1.807, 2.05) is 4.90 Å². The van der Waals surface area contributed by atoms with E-state index in [0.717, 1.165) is 0 Å². The second kappa shape index (κ2) is 11.1. The summed E-state index contributed by atoms with van der Waals surface area (Å²) in [5.41, 5.74) is -1.32. The number of hydrogen-bond acceptors (Lipinski definition) is 10. The van der Waals surface area contributed by atoms with Gasteiger partial charge in [-0.3, -0.25) is 24.5 Å². The Morgan fingerprint density at radius 1 is 1.00 bits per heavy atom. The van der Waals surface area contributed by atoms with Crippen molar-refractivity contribution in [3.63, 3.8) is 0 Å². The second-order valence-electron chi connectivity index (χ2n) is 6.30. The predicted molar refractivity (Wildman–Crippen MR) is 92.2 cm³/mol. The van der Waals surface area contributed by atoms with Crippen LogP contribution in [0.15, 0.2) is 0 Å². The van der Waals surface area contributed by atoms with Crippen molar-refractivity contribution in [2.24, 2.45) is 0 Å². The molecule has 154 valence electrons. The Bertz CT molecular complexity index is 510. The van der Waals surface area contributed by atoms with E-state index in [1.54, 1.807) is 0 Å². The summed E-state index contributed by atoms with van der Waals surface area (Å²) in [4.78, 5) is 15.7. The number of hydrogen-bond donors (Lipinski definition) is 5. The van der Waals surface area contributed by atoms with Crippen LogP contribution in [0.1, 0.15) is 0 Å². The number of carbonyl (C=O) groups is 1. The molecule has 0 aromatic rings. The molecule has 5 N–H and O–H groups in total. The lowest BCUT2D eigenvalue weighted by Gasteiger charge is -2.34. The van der Waals surface area contributed by atoms with Crippen molar-refractivity contribution in [1.29, 1.82) is 0 Å². The molecule has 0 saturated carbocycles. The van der Waals surface area contributed by atoms with E-state index in [0.29, 0.717) is 32.7 Å². The van der Waals surface area contributed by atoms with Crippen LogP contribution >= 0.6 is 0 Å². The van der Waals surface area contributed by atoms with Crippen molar-refractivity contribution in [3.8, 4) is 0 Å². The van der Waals surface area contributed by atoms with E-state index in [1.165, 1.54) is 0 Å². The maximum absolute atomic E-state index is 11.7. The molecule has 1 aliphatic rings. The first kappa shape index (κ1) is 23.2. The molecule has 1 saturated heterocycles. The number of ether oxygens (including phenoxy) is 1. The summed E-state index contributed by atoms with van der Waals surface area (Å²) in [6, 6.07) is 0. The number of nitrogens with one attached hydrogen (secondary N) is 1. The standard InChI is InChI=1S/C14H29N3O8S/c18-10-14(11-19,12-20)15-9-13(21)25-7-5-16-1-3-17(4-2-16)6-8-26(22,23)24/h15,18-20H,1-12H2,(H,22,23,24). The molecule has 0 unspecified atom stereocenters. The van der Waals surface area contributed by atoms with E-state index >= 15 is 0 Å². The van der Waals surface area contributed by atoms with Gasteiger partial charge in [-0.1, -0.05) is 0 Å². The average molecular weight is 399 g/mol. The number of aliphatic hydroxyl groups excluding tert-OH is 3. The summed E-state index contributed by atoms with van der Waals surface area (Å²) in [6.45, 7) is 1.92. The molecular weight excluding hydrogens is 370 g/mol. The van der Waals surface area contributed by atoms with Crippen LogP contribution in [0.4, 0.5) is 0 Å². The third-order valence-corrected chi connectivity index (χ3v) is 5.02. The molecule has 0 bridgehead atoms. The lowest BCUT2D eigenvalue weighted by Crippen LogP contribution is -2.56. The summed E-state index contributed by atoms with van der Waals surface area (Å²) in [5.74, 6) is -0.842. The Labute approximate surface area is 153 Å². The maximum atomic E-state index is 11.7. The molecule has 1 heterocycles. The Morgan fingerprint density at radius 2 is 1.50 bits per heavy atom. The molecule has 12 heteroatoms. The fourth-order valence-electron chi connectivity index (χ4n) is 2.40. The molecule has 0 amide bonds. The first-order valence-electron chi connectivity index (χ1n) is 8.37. The number of carbonyl (C=O) groups excluding carboxylic acids is 1. The Morgan fingerprint density at radius 3 is 1.96 bits per heavy atom. The number of piperazine rings is 1. The van der Waals surface area contributed by atoms with Crippen molar-refractivity contribution in [3.05, 3.63) is 0 Å². The molecule has 0 spiro atoms. The average Bonchev–Trinajstić information content (AvgIpc) is 2.62. The summed E-state index contributed by atoms with van der Waals surface area (Å²) in [7, 11) is -3.95. The maximum Gasteiger partial charge on any atom is 0.319 e. The monoisotopic (exact) mass is 399 g/mol. The molecule has 0 atom stereocenters. The van der Waals surface area contributed by atoms with Crippen LogP contribution in [-0.4, -0.2) is 128 Å². The zero-order chi connectivity index (χ0) is 19.6. The summed E-state index contributed by atoms with van der Waals surface area (Å²) in [5, 5.41) is 30.0. The molecular formula is C14H29N3O8S.